The van der Waals surface area contributed by atoms with E-state index in [-0.39, 0.29) is 23.6 Å². The minimum absolute atomic E-state index is 0.179. The van der Waals surface area contributed by atoms with Crippen LogP contribution >= 0.6 is 0 Å². The first kappa shape index (κ1) is 19.5. The van der Waals surface area contributed by atoms with Crippen LogP contribution in [0.25, 0.3) is 0 Å². The average molecular weight is 404 g/mol. The molecule has 1 aliphatic rings. The molecule has 8 nitrogen and oxygen atoms in total. The van der Waals surface area contributed by atoms with Crippen molar-refractivity contribution in [1.82, 2.24) is 20.4 Å². The van der Waals surface area contributed by atoms with Gasteiger partial charge in [-0.3, -0.25) is 19.3 Å². The van der Waals surface area contributed by atoms with E-state index in [1.807, 2.05) is 30.3 Å². The Bertz CT molecular complexity index is 1150. The van der Waals surface area contributed by atoms with Crippen LogP contribution in [0.15, 0.2) is 53.1 Å². The van der Waals surface area contributed by atoms with Crippen molar-refractivity contribution >= 4 is 17.7 Å². The van der Waals surface area contributed by atoms with Gasteiger partial charge in [-0.05, 0) is 37.6 Å². The van der Waals surface area contributed by atoms with Crippen LogP contribution < -0.4 is 5.32 Å². The largest absolute Gasteiger partial charge is 0.340 e. The van der Waals surface area contributed by atoms with Crippen molar-refractivity contribution in [3.8, 4) is 0 Å². The van der Waals surface area contributed by atoms with Gasteiger partial charge in [0.25, 0.3) is 17.7 Å². The molecule has 0 unspecified atom stereocenters. The molecule has 0 saturated carbocycles. The third kappa shape index (κ3) is 3.47. The quantitative estimate of drug-likeness (QED) is 0.656. The molecular formula is C22H20N4O4. The minimum atomic E-state index is -0.882. The van der Waals surface area contributed by atoms with Crippen LogP contribution in [-0.4, -0.2) is 32.8 Å². The topological polar surface area (TPSA) is 105 Å². The lowest BCUT2D eigenvalue weighted by Gasteiger charge is -2.22. The van der Waals surface area contributed by atoms with Crippen molar-refractivity contribution in [3.63, 3.8) is 0 Å². The summed E-state index contributed by atoms with van der Waals surface area (Å²) >= 11 is 0. The summed E-state index contributed by atoms with van der Waals surface area (Å²) in [6.07, 6.45) is 0. The van der Waals surface area contributed by atoms with Gasteiger partial charge in [0, 0.05) is 12.5 Å². The Morgan fingerprint density at radius 1 is 1.07 bits per heavy atom. The molecule has 1 aliphatic heterocycles. The Morgan fingerprint density at radius 3 is 2.43 bits per heavy atom. The summed E-state index contributed by atoms with van der Waals surface area (Å²) in [5.74, 6) is -0.454. The van der Waals surface area contributed by atoms with E-state index in [0.29, 0.717) is 17.3 Å². The second-order valence-electron chi connectivity index (χ2n) is 7.66. The van der Waals surface area contributed by atoms with Gasteiger partial charge < -0.3 is 9.84 Å². The molecule has 3 aromatic rings. The van der Waals surface area contributed by atoms with Crippen molar-refractivity contribution in [3.05, 3.63) is 82.5 Å². The molecule has 152 valence electrons. The first-order chi connectivity index (χ1) is 14.3. The van der Waals surface area contributed by atoms with Gasteiger partial charge in [0.15, 0.2) is 5.82 Å². The Hall–Kier alpha value is -3.81. The third-order valence-corrected chi connectivity index (χ3v) is 4.93. The van der Waals surface area contributed by atoms with Crippen LogP contribution in [0.1, 0.15) is 62.2 Å². The molecule has 1 aromatic heterocycles. The van der Waals surface area contributed by atoms with Gasteiger partial charge in [0.05, 0.1) is 23.2 Å². The van der Waals surface area contributed by atoms with E-state index in [9.17, 15) is 14.4 Å². The molecule has 4 rings (SSSR count). The van der Waals surface area contributed by atoms with Gasteiger partial charge in [-0.2, -0.15) is 4.98 Å². The smallest absolute Gasteiger partial charge is 0.261 e. The standard InChI is InChI=1S/C22H20N4O4/c1-13-23-21(25-30-13)22(2,3)24-18(27)15-9-10-16-17(11-15)20(29)26(19(16)28)12-14-7-5-4-6-8-14/h4-11H,12H2,1-3H3,(H,24,27). The highest BCUT2D eigenvalue weighted by atomic mass is 16.5. The fourth-order valence-corrected chi connectivity index (χ4v) is 3.31. The zero-order valence-corrected chi connectivity index (χ0v) is 16.8. The number of imide groups is 1. The monoisotopic (exact) mass is 404 g/mol. The van der Waals surface area contributed by atoms with Crippen LogP contribution in [0.2, 0.25) is 0 Å². The molecule has 0 atom stereocenters. The highest BCUT2D eigenvalue weighted by Crippen LogP contribution is 2.26. The minimum Gasteiger partial charge on any atom is -0.340 e. The molecule has 0 fully saturated rings. The summed E-state index contributed by atoms with van der Waals surface area (Å²) in [6.45, 7) is 5.34. The first-order valence-electron chi connectivity index (χ1n) is 9.44. The summed E-state index contributed by atoms with van der Waals surface area (Å²) in [7, 11) is 0. The second kappa shape index (κ2) is 7.22. The van der Waals surface area contributed by atoms with Gasteiger partial charge in [0.2, 0.25) is 5.89 Å². The first-order valence-corrected chi connectivity index (χ1v) is 9.44. The van der Waals surface area contributed by atoms with Crippen molar-refractivity contribution in [1.29, 1.82) is 0 Å². The number of fused-ring (bicyclic) bond motifs is 1. The van der Waals surface area contributed by atoms with E-state index in [1.165, 1.54) is 23.1 Å². The zero-order chi connectivity index (χ0) is 21.5. The third-order valence-electron chi connectivity index (χ3n) is 4.93. The molecule has 0 radical (unpaired) electrons. The second-order valence-corrected chi connectivity index (χ2v) is 7.66. The number of nitrogens with one attached hydrogen (secondary N) is 1. The van der Waals surface area contributed by atoms with Crippen LogP contribution in [0.3, 0.4) is 0 Å². The summed E-state index contributed by atoms with van der Waals surface area (Å²) < 4.78 is 4.99. The van der Waals surface area contributed by atoms with E-state index in [2.05, 4.69) is 15.5 Å². The van der Waals surface area contributed by atoms with Gasteiger partial charge in [-0.1, -0.05) is 35.5 Å². The van der Waals surface area contributed by atoms with Crippen molar-refractivity contribution in [2.24, 2.45) is 0 Å². The molecular weight excluding hydrogens is 384 g/mol. The van der Waals surface area contributed by atoms with E-state index in [0.717, 1.165) is 5.56 Å². The Morgan fingerprint density at radius 2 is 1.77 bits per heavy atom. The van der Waals surface area contributed by atoms with Gasteiger partial charge in [0.1, 0.15) is 0 Å². The van der Waals surface area contributed by atoms with E-state index in [4.69, 9.17) is 4.52 Å². The number of nitrogens with zero attached hydrogens (tertiary/aromatic N) is 3. The van der Waals surface area contributed by atoms with Crippen molar-refractivity contribution in [2.75, 3.05) is 0 Å². The van der Waals surface area contributed by atoms with Gasteiger partial charge in [-0.25, -0.2) is 0 Å². The molecule has 0 bridgehead atoms. The average Bonchev–Trinajstić information content (AvgIpc) is 3.26. The molecule has 1 N–H and O–H groups in total. The molecule has 2 heterocycles. The van der Waals surface area contributed by atoms with E-state index < -0.39 is 17.4 Å². The normalized spacial score (nSPS) is 13.5. The van der Waals surface area contributed by atoms with Crippen LogP contribution in [0.5, 0.6) is 0 Å². The van der Waals surface area contributed by atoms with Crippen LogP contribution in [0.4, 0.5) is 0 Å². The van der Waals surface area contributed by atoms with E-state index >= 15 is 0 Å². The molecule has 8 heteroatoms. The fraction of sp³-hybridized carbons (Fsp3) is 0.227. The SMILES string of the molecule is Cc1nc(C(C)(C)NC(=O)c2ccc3c(c2)C(=O)N(Cc2ccccc2)C3=O)no1. The summed E-state index contributed by atoms with van der Waals surface area (Å²) in [5, 5.41) is 6.69. The molecule has 0 aliphatic carbocycles. The number of rotatable bonds is 5. The summed E-state index contributed by atoms with van der Waals surface area (Å²) in [4.78, 5) is 43.7. The van der Waals surface area contributed by atoms with Crippen molar-refractivity contribution in [2.45, 2.75) is 32.9 Å². The highest BCUT2D eigenvalue weighted by molar-refractivity contribution is 6.22. The number of hydrogen-bond donors (Lipinski definition) is 1. The maximum atomic E-state index is 12.8. The van der Waals surface area contributed by atoms with E-state index in [1.54, 1.807) is 20.8 Å². The maximum Gasteiger partial charge on any atom is 0.261 e. The van der Waals surface area contributed by atoms with Crippen LogP contribution in [-0.2, 0) is 12.1 Å². The highest BCUT2D eigenvalue weighted by Gasteiger charge is 2.36. The number of carbonyl (C=O) groups excluding carboxylic acids is 3. The predicted octanol–water partition coefficient (Wildman–Crippen LogP) is 2.84. The van der Waals surface area contributed by atoms with Crippen molar-refractivity contribution < 1.29 is 18.9 Å². The Balaban J connectivity index is 1.56. The number of hydrogen-bond acceptors (Lipinski definition) is 6. The number of carbonyl (C=O) groups is 3. The molecule has 2 aromatic carbocycles. The lowest BCUT2D eigenvalue weighted by atomic mass is 10.0. The lowest BCUT2D eigenvalue weighted by molar-refractivity contribution is 0.0642. The zero-order valence-electron chi connectivity index (χ0n) is 16.8. The number of aryl methyl sites for hydroxylation is 1. The maximum absolute atomic E-state index is 12.8. The van der Waals surface area contributed by atoms with Crippen LogP contribution in [0, 0.1) is 6.92 Å². The number of aromatic nitrogens is 2. The Kier molecular flexibility index (Phi) is 4.69. The molecule has 0 spiro atoms. The lowest BCUT2D eigenvalue weighted by Crippen LogP contribution is -2.42. The fourth-order valence-electron chi connectivity index (χ4n) is 3.31. The number of benzene rings is 2. The number of amides is 3. The molecule has 0 saturated heterocycles. The summed E-state index contributed by atoms with van der Waals surface area (Å²) in [6, 6.07) is 13.8. The summed E-state index contributed by atoms with van der Waals surface area (Å²) in [5.41, 5.74) is 0.747. The predicted molar refractivity (Wildman–Crippen MR) is 107 cm³/mol. The van der Waals surface area contributed by atoms with Gasteiger partial charge >= 0.3 is 0 Å². The molecule has 30 heavy (non-hydrogen) atoms. The Labute approximate surface area is 172 Å². The van der Waals surface area contributed by atoms with Gasteiger partial charge in [-0.15, -0.1) is 0 Å². The molecule has 3 amide bonds.